The molecule has 3 heterocycles. The van der Waals surface area contributed by atoms with Crippen molar-refractivity contribution in [2.24, 2.45) is 0 Å². The minimum Gasteiger partial charge on any atom is -0.491 e. The molecule has 1 aromatic carbocycles. The number of likely N-dealkylation sites (tertiary alicyclic amines) is 1. The van der Waals surface area contributed by atoms with E-state index in [2.05, 4.69) is 56.7 Å². The molecule has 0 spiro atoms. The monoisotopic (exact) mass is 391 g/mol. The van der Waals surface area contributed by atoms with E-state index in [-0.39, 0.29) is 6.10 Å². The summed E-state index contributed by atoms with van der Waals surface area (Å²) in [6, 6.07) is 12.3. The van der Waals surface area contributed by atoms with Gasteiger partial charge >= 0.3 is 0 Å². The molecule has 2 aromatic heterocycles. The lowest BCUT2D eigenvalue weighted by atomic mass is 9.97. The Labute approximate surface area is 172 Å². The molecule has 2 N–H and O–H groups in total. The lowest BCUT2D eigenvalue weighted by Gasteiger charge is -2.13. The number of benzene rings is 1. The van der Waals surface area contributed by atoms with Crippen molar-refractivity contribution in [1.29, 1.82) is 0 Å². The summed E-state index contributed by atoms with van der Waals surface area (Å²) in [5, 5.41) is 11.0. The minimum absolute atomic E-state index is 0.167. The number of hydrogen-bond acceptors (Lipinski definition) is 5. The molecule has 0 bridgehead atoms. The maximum Gasteiger partial charge on any atom is 0.126 e. The van der Waals surface area contributed by atoms with Crippen molar-refractivity contribution in [2.75, 3.05) is 25.5 Å². The molecule has 0 radical (unpaired) electrons. The second-order valence-corrected chi connectivity index (χ2v) is 8.04. The van der Waals surface area contributed by atoms with Crippen molar-refractivity contribution in [3.8, 4) is 16.9 Å². The fourth-order valence-corrected chi connectivity index (χ4v) is 3.90. The number of aromatic amines is 1. The van der Waals surface area contributed by atoms with Crippen molar-refractivity contribution in [3.05, 3.63) is 60.0 Å². The Hall–Kier alpha value is -2.86. The predicted octanol–water partition coefficient (Wildman–Crippen LogP) is 4.29. The van der Waals surface area contributed by atoms with E-state index in [0.29, 0.717) is 12.5 Å². The molecule has 1 saturated heterocycles. The summed E-state index contributed by atoms with van der Waals surface area (Å²) in [4.78, 5) is 6.86. The lowest BCUT2D eigenvalue weighted by Crippen LogP contribution is -2.13. The van der Waals surface area contributed by atoms with E-state index >= 15 is 0 Å². The second kappa shape index (κ2) is 8.66. The predicted molar refractivity (Wildman–Crippen MR) is 116 cm³/mol. The molecule has 0 unspecified atom stereocenters. The van der Waals surface area contributed by atoms with Crippen LogP contribution in [0.1, 0.15) is 37.4 Å². The van der Waals surface area contributed by atoms with Gasteiger partial charge in [0.05, 0.1) is 12.3 Å². The van der Waals surface area contributed by atoms with Gasteiger partial charge in [-0.15, -0.1) is 0 Å². The van der Waals surface area contributed by atoms with Crippen molar-refractivity contribution >= 4 is 5.82 Å². The third-order valence-electron chi connectivity index (χ3n) is 5.28. The molecule has 1 aliphatic heterocycles. The number of rotatable bonds is 7. The second-order valence-electron chi connectivity index (χ2n) is 8.04. The highest BCUT2D eigenvalue weighted by molar-refractivity contribution is 5.68. The third-order valence-corrected chi connectivity index (χ3v) is 5.28. The summed E-state index contributed by atoms with van der Waals surface area (Å²) in [5.41, 5.74) is 4.69. The van der Waals surface area contributed by atoms with Crippen LogP contribution < -0.4 is 10.1 Å². The van der Waals surface area contributed by atoms with Gasteiger partial charge in [-0.05, 0) is 69.3 Å². The fraction of sp³-hybridized carbons (Fsp3) is 0.391. The first-order valence-corrected chi connectivity index (χ1v) is 10.3. The Bertz CT molecular complexity index is 952. The van der Waals surface area contributed by atoms with Gasteiger partial charge in [0.1, 0.15) is 11.6 Å². The van der Waals surface area contributed by atoms with E-state index in [0.717, 1.165) is 42.2 Å². The molecule has 0 saturated carbocycles. The Morgan fingerprint density at radius 2 is 2.17 bits per heavy atom. The first-order chi connectivity index (χ1) is 14.1. The molecule has 6 heteroatoms. The zero-order valence-electron chi connectivity index (χ0n) is 17.4. The average Bonchev–Trinajstić information content (AvgIpc) is 3.35. The molecule has 0 amide bonds. The summed E-state index contributed by atoms with van der Waals surface area (Å²) >= 11 is 0. The molecule has 0 aliphatic carbocycles. The zero-order chi connectivity index (χ0) is 20.2. The largest absolute Gasteiger partial charge is 0.491 e. The van der Waals surface area contributed by atoms with E-state index < -0.39 is 0 Å². The standard InChI is InChI=1S/C23H29N5O/c1-16(2)29-20-6-4-5-17(11-20)13-25-22-12-18(7-9-24-22)21-14-26-27-23(21)19-8-10-28(3)15-19/h4-7,9,11-12,14,16,19H,8,10,13,15H2,1-3H3,(H,24,25)(H,26,27)/t19-/m1/s1. The Kier molecular flexibility index (Phi) is 5.81. The quantitative estimate of drug-likeness (QED) is 0.629. The molecule has 6 nitrogen and oxygen atoms in total. The smallest absolute Gasteiger partial charge is 0.126 e. The van der Waals surface area contributed by atoms with E-state index in [4.69, 9.17) is 4.74 Å². The molecule has 1 aliphatic rings. The van der Waals surface area contributed by atoms with Gasteiger partial charge in [0.2, 0.25) is 0 Å². The first kappa shape index (κ1) is 19.5. The number of nitrogens with one attached hydrogen (secondary N) is 2. The average molecular weight is 392 g/mol. The number of nitrogens with zero attached hydrogens (tertiary/aromatic N) is 3. The number of ether oxygens (including phenoxy) is 1. The summed E-state index contributed by atoms with van der Waals surface area (Å²) in [7, 11) is 2.17. The fourth-order valence-electron chi connectivity index (χ4n) is 3.90. The number of hydrogen-bond donors (Lipinski definition) is 2. The summed E-state index contributed by atoms with van der Waals surface area (Å²) in [6.07, 6.45) is 5.12. The van der Waals surface area contributed by atoms with Gasteiger partial charge in [-0.3, -0.25) is 5.10 Å². The van der Waals surface area contributed by atoms with Crippen LogP contribution in [-0.4, -0.2) is 46.3 Å². The maximum absolute atomic E-state index is 5.79. The van der Waals surface area contributed by atoms with Gasteiger partial charge in [-0.2, -0.15) is 5.10 Å². The third kappa shape index (κ3) is 4.77. The van der Waals surface area contributed by atoms with Crippen molar-refractivity contribution < 1.29 is 4.74 Å². The van der Waals surface area contributed by atoms with Crippen LogP contribution in [0.25, 0.3) is 11.1 Å². The van der Waals surface area contributed by atoms with Crippen molar-refractivity contribution in [3.63, 3.8) is 0 Å². The summed E-state index contributed by atoms with van der Waals surface area (Å²) < 4.78 is 5.79. The molecule has 1 atom stereocenters. The van der Waals surface area contributed by atoms with Crippen molar-refractivity contribution in [1.82, 2.24) is 20.1 Å². The maximum atomic E-state index is 5.79. The SMILES string of the molecule is CC(C)Oc1cccc(CNc2cc(-c3cn[nH]c3[C@@H]3CCN(C)C3)ccn2)c1. The van der Waals surface area contributed by atoms with Gasteiger partial charge in [-0.25, -0.2) is 4.98 Å². The van der Waals surface area contributed by atoms with Crippen LogP contribution in [0.3, 0.4) is 0 Å². The highest BCUT2D eigenvalue weighted by Crippen LogP contribution is 2.33. The van der Waals surface area contributed by atoms with Gasteiger partial charge in [0.25, 0.3) is 0 Å². The number of pyridine rings is 1. The van der Waals surface area contributed by atoms with Crippen LogP contribution in [0.2, 0.25) is 0 Å². The Morgan fingerprint density at radius 3 is 2.97 bits per heavy atom. The summed E-state index contributed by atoms with van der Waals surface area (Å²) in [5.74, 6) is 2.25. The van der Waals surface area contributed by atoms with E-state index in [1.54, 1.807) is 0 Å². The highest BCUT2D eigenvalue weighted by atomic mass is 16.5. The molecule has 1 fully saturated rings. The van der Waals surface area contributed by atoms with Gasteiger partial charge < -0.3 is 15.0 Å². The number of anilines is 1. The molecule has 3 aromatic rings. The van der Waals surface area contributed by atoms with Gasteiger partial charge in [0.15, 0.2) is 0 Å². The molecule has 152 valence electrons. The van der Waals surface area contributed by atoms with Gasteiger partial charge in [-0.1, -0.05) is 12.1 Å². The molecule has 29 heavy (non-hydrogen) atoms. The van der Waals surface area contributed by atoms with Crippen LogP contribution in [0, 0.1) is 0 Å². The van der Waals surface area contributed by atoms with E-state index in [1.807, 2.05) is 38.4 Å². The first-order valence-electron chi connectivity index (χ1n) is 10.3. The van der Waals surface area contributed by atoms with Crippen LogP contribution in [0.5, 0.6) is 5.75 Å². The van der Waals surface area contributed by atoms with Crippen LogP contribution >= 0.6 is 0 Å². The summed E-state index contributed by atoms with van der Waals surface area (Å²) in [6.45, 7) is 6.96. The molecular weight excluding hydrogens is 362 g/mol. The Morgan fingerprint density at radius 1 is 1.28 bits per heavy atom. The van der Waals surface area contributed by atoms with Gasteiger partial charge in [0, 0.05) is 36.5 Å². The number of H-pyrrole nitrogens is 1. The van der Waals surface area contributed by atoms with Crippen LogP contribution in [0.15, 0.2) is 48.8 Å². The van der Waals surface area contributed by atoms with E-state index in [9.17, 15) is 0 Å². The highest BCUT2D eigenvalue weighted by Gasteiger charge is 2.25. The molecule has 4 rings (SSSR count). The Balaban J connectivity index is 1.47. The van der Waals surface area contributed by atoms with E-state index in [1.165, 1.54) is 11.3 Å². The van der Waals surface area contributed by atoms with Crippen LogP contribution in [-0.2, 0) is 6.54 Å². The lowest BCUT2D eigenvalue weighted by molar-refractivity contribution is 0.242. The number of likely N-dealkylation sites (N-methyl/N-ethyl adjacent to an activating group) is 1. The number of aromatic nitrogens is 3. The topological polar surface area (TPSA) is 66.1 Å². The molecular formula is C23H29N5O. The zero-order valence-corrected chi connectivity index (χ0v) is 17.4. The minimum atomic E-state index is 0.167. The normalized spacial score (nSPS) is 17.0. The van der Waals surface area contributed by atoms with Crippen molar-refractivity contribution in [2.45, 2.75) is 38.8 Å². The van der Waals surface area contributed by atoms with Crippen LogP contribution in [0.4, 0.5) is 5.82 Å².